The van der Waals surface area contributed by atoms with Gasteiger partial charge in [0.15, 0.2) is 0 Å². The first-order valence-corrected chi connectivity index (χ1v) is 15.6. The first-order chi connectivity index (χ1) is 22.2. The van der Waals surface area contributed by atoms with Crippen molar-refractivity contribution < 1.29 is 33.6 Å². The Morgan fingerprint density at radius 1 is 0.936 bits per heavy atom. The second-order valence-electron chi connectivity index (χ2n) is 13.1. The second-order valence-corrected chi connectivity index (χ2v) is 13.5. The number of benzene rings is 3. The van der Waals surface area contributed by atoms with Crippen LogP contribution in [0.1, 0.15) is 42.4 Å². The van der Waals surface area contributed by atoms with Gasteiger partial charge in [-0.1, -0.05) is 41.4 Å². The van der Waals surface area contributed by atoms with Gasteiger partial charge in [0, 0.05) is 18.1 Å². The number of amides is 4. The van der Waals surface area contributed by atoms with Crippen LogP contribution in [0, 0.1) is 58.9 Å². The standard InChI is InChI=1S/C35H29ClFN3O7/c1-16-11-18(12-17(2)30(16)41)29-22-8-9-23-28(33(44)38(31(23)42)19-5-4-6-21(13-19)40(46)47)24(22)15-25-32(43)39(34(45)35(25,29)3)20-7-10-27(37)26(36)14-20/h4-8,10-14,23-25,28-29,41H,9,15H2,1-3H3/t23-,24+,25-,28-,29-,35+/m0/s1. The summed E-state index contributed by atoms with van der Waals surface area (Å²) in [6.45, 7) is 5.20. The molecule has 7 rings (SSSR count). The number of allylic oxidation sites excluding steroid dienone is 2. The molecule has 2 saturated heterocycles. The zero-order valence-electron chi connectivity index (χ0n) is 25.6. The molecule has 0 aromatic heterocycles. The number of carbonyl (C=O) groups is 4. The van der Waals surface area contributed by atoms with E-state index in [-0.39, 0.29) is 40.7 Å². The number of rotatable bonds is 4. The minimum atomic E-state index is -1.34. The van der Waals surface area contributed by atoms with E-state index in [2.05, 4.69) is 0 Å². The third-order valence-corrected chi connectivity index (χ3v) is 10.9. The number of non-ortho nitro benzene ring substituents is 1. The molecule has 2 aliphatic heterocycles. The summed E-state index contributed by atoms with van der Waals surface area (Å²) in [6, 6.07) is 12.5. The number of nitro benzene ring substituents is 1. The molecular weight excluding hydrogens is 629 g/mol. The number of aryl methyl sites for hydroxylation is 2. The highest BCUT2D eigenvalue weighted by Crippen LogP contribution is 2.64. The summed E-state index contributed by atoms with van der Waals surface area (Å²) in [7, 11) is 0. The smallest absolute Gasteiger partial charge is 0.271 e. The molecule has 1 saturated carbocycles. The zero-order chi connectivity index (χ0) is 33.7. The molecule has 1 N–H and O–H groups in total. The molecule has 47 heavy (non-hydrogen) atoms. The van der Waals surface area contributed by atoms with Gasteiger partial charge in [-0.3, -0.25) is 29.3 Å². The van der Waals surface area contributed by atoms with Crippen LogP contribution in [0.5, 0.6) is 5.75 Å². The molecule has 4 aliphatic rings. The predicted molar refractivity (Wildman–Crippen MR) is 169 cm³/mol. The van der Waals surface area contributed by atoms with Crippen molar-refractivity contribution in [3.05, 3.63) is 104 Å². The quantitative estimate of drug-likeness (QED) is 0.154. The number of phenols is 1. The normalized spacial score (nSPS) is 28.3. The number of halogens is 2. The van der Waals surface area contributed by atoms with Gasteiger partial charge in [0.2, 0.25) is 23.6 Å². The first kappa shape index (κ1) is 30.7. The van der Waals surface area contributed by atoms with Gasteiger partial charge in [0.1, 0.15) is 11.6 Å². The van der Waals surface area contributed by atoms with Gasteiger partial charge in [0.25, 0.3) is 5.69 Å². The van der Waals surface area contributed by atoms with E-state index in [4.69, 9.17) is 11.6 Å². The minimum Gasteiger partial charge on any atom is -0.507 e. The van der Waals surface area contributed by atoms with Crippen LogP contribution in [0.4, 0.5) is 21.5 Å². The van der Waals surface area contributed by atoms with Crippen LogP contribution in [0.2, 0.25) is 5.02 Å². The fourth-order valence-corrected chi connectivity index (χ4v) is 8.60. The van der Waals surface area contributed by atoms with Gasteiger partial charge < -0.3 is 5.11 Å². The van der Waals surface area contributed by atoms with Crippen molar-refractivity contribution in [3.63, 3.8) is 0 Å². The van der Waals surface area contributed by atoms with E-state index in [1.807, 2.05) is 6.08 Å². The largest absolute Gasteiger partial charge is 0.507 e. The number of hydrogen-bond donors (Lipinski definition) is 1. The number of imide groups is 2. The average Bonchev–Trinajstić information content (AvgIpc) is 3.40. The van der Waals surface area contributed by atoms with E-state index in [1.165, 1.54) is 36.4 Å². The van der Waals surface area contributed by atoms with E-state index in [1.54, 1.807) is 32.9 Å². The van der Waals surface area contributed by atoms with Gasteiger partial charge >= 0.3 is 0 Å². The van der Waals surface area contributed by atoms with Crippen molar-refractivity contribution in [1.29, 1.82) is 0 Å². The van der Waals surface area contributed by atoms with E-state index < -0.39 is 69.4 Å². The molecule has 0 bridgehead atoms. The molecule has 10 nitrogen and oxygen atoms in total. The monoisotopic (exact) mass is 657 g/mol. The lowest BCUT2D eigenvalue weighted by Gasteiger charge is -2.49. The summed E-state index contributed by atoms with van der Waals surface area (Å²) in [5, 5.41) is 21.8. The Kier molecular flexibility index (Phi) is 6.91. The summed E-state index contributed by atoms with van der Waals surface area (Å²) in [5.41, 5.74) is 1.17. The minimum absolute atomic E-state index is 0.0911. The lowest BCUT2D eigenvalue weighted by Crippen LogP contribution is -2.49. The Bertz CT molecular complexity index is 1970. The van der Waals surface area contributed by atoms with Gasteiger partial charge in [-0.15, -0.1) is 0 Å². The number of phenolic OH excluding ortho intramolecular Hbond substituents is 1. The maximum Gasteiger partial charge on any atom is 0.271 e. The molecule has 2 aliphatic carbocycles. The third-order valence-electron chi connectivity index (χ3n) is 10.6. The lowest BCUT2D eigenvalue weighted by molar-refractivity contribution is -0.384. The van der Waals surface area contributed by atoms with Gasteiger partial charge in [0.05, 0.1) is 44.5 Å². The van der Waals surface area contributed by atoms with Crippen LogP contribution in [-0.4, -0.2) is 33.7 Å². The molecule has 3 fully saturated rings. The fourth-order valence-electron chi connectivity index (χ4n) is 8.42. The van der Waals surface area contributed by atoms with Crippen molar-refractivity contribution in [2.75, 3.05) is 9.80 Å². The molecule has 2 heterocycles. The zero-order valence-corrected chi connectivity index (χ0v) is 26.3. The molecule has 0 radical (unpaired) electrons. The maximum atomic E-state index is 14.5. The van der Waals surface area contributed by atoms with E-state index in [0.717, 1.165) is 21.4 Å². The second kappa shape index (κ2) is 10.6. The van der Waals surface area contributed by atoms with Crippen LogP contribution >= 0.6 is 11.6 Å². The van der Waals surface area contributed by atoms with Crippen LogP contribution in [0.15, 0.2) is 66.2 Å². The summed E-state index contributed by atoms with van der Waals surface area (Å²) < 4.78 is 14.1. The number of nitro groups is 1. The molecular formula is C35H29ClFN3O7. The Labute approximate surface area is 273 Å². The number of nitrogens with zero attached hydrogens (tertiary/aromatic N) is 3. The van der Waals surface area contributed by atoms with Crippen LogP contribution in [-0.2, 0) is 19.2 Å². The van der Waals surface area contributed by atoms with Crippen LogP contribution in [0.3, 0.4) is 0 Å². The highest BCUT2D eigenvalue weighted by atomic mass is 35.5. The van der Waals surface area contributed by atoms with Crippen LogP contribution < -0.4 is 9.80 Å². The van der Waals surface area contributed by atoms with E-state index in [9.17, 15) is 38.8 Å². The first-order valence-electron chi connectivity index (χ1n) is 15.2. The topological polar surface area (TPSA) is 138 Å². The van der Waals surface area contributed by atoms with Crippen molar-refractivity contribution in [2.45, 2.75) is 39.5 Å². The van der Waals surface area contributed by atoms with Crippen molar-refractivity contribution in [1.82, 2.24) is 0 Å². The summed E-state index contributed by atoms with van der Waals surface area (Å²) >= 11 is 6.06. The number of aromatic hydroxyl groups is 1. The van der Waals surface area contributed by atoms with Crippen molar-refractivity contribution in [2.24, 2.45) is 29.1 Å². The van der Waals surface area contributed by atoms with Gasteiger partial charge in [-0.05, 0) is 80.5 Å². The van der Waals surface area contributed by atoms with Gasteiger partial charge in [-0.25, -0.2) is 14.2 Å². The molecule has 4 amide bonds. The van der Waals surface area contributed by atoms with E-state index >= 15 is 0 Å². The molecule has 240 valence electrons. The van der Waals surface area contributed by atoms with Crippen molar-refractivity contribution in [3.8, 4) is 5.75 Å². The molecule has 12 heteroatoms. The number of carbonyl (C=O) groups excluding carboxylic acids is 4. The predicted octanol–water partition coefficient (Wildman–Crippen LogP) is 6.15. The third kappa shape index (κ3) is 4.28. The lowest BCUT2D eigenvalue weighted by atomic mass is 9.51. The summed E-state index contributed by atoms with van der Waals surface area (Å²) in [6.07, 6.45) is 2.18. The summed E-state index contributed by atoms with van der Waals surface area (Å²) in [4.78, 5) is 69.8. The fraction of sp³-hybridized carbons (Fsp3) is 0.314. The molecule has 0 unspecified atom stereocenters. The number of anilines is 2. The average molecular weight is 658 g/mol. The van der Waals surface area contributed by atoms with Gasteiger partial charge in [-0.2, -0.15) is 0 Å². The SMILES string of the molecule is Cc1cc([C@H]2C3=CC[C@@H]4C(=O)N(c5cccc([N+](=O)[O-])c5)C(=O)[C@@H]4[C@@H]3C[C@H]3C(=O)N(c4ccc(F)c(Cl)c4)C(=O)[C@@]23C)cc(C)c1O. The van der Waals surface area contributed by atoms with E-state index in [0.29, 0.717) is 16.7 Å². The molecule has 0 spiro atoms. The summed E-state index contributed by atoms with van der Waals surface area (Å²) in [5.74, 6) is -6.50. The van der Waals surface area contributed by atoms with Crippen LogP contribution in [0.25, 0.3) is 0 Å². The number of hydrogen-bond acceptors (Lipinski definition) is 7. The maximum absolute atomic E-state index is 14.5. The highest BCUT2D eigenvalue weighted by Gasteiger charge is 2.67. The number of fused-ring (bicyclic) bond motifs is 4. The molecule has 3 aromatic rings. The Hall–Kier alpha value is -4.90. The molecule has 3 aromatic carbocycles. The van der Waals surface area contributed by atoms with Crippen molar-refractivity contribution >= 4 is 52.3 Å². The highest BCUT2D eigenvalue weighted by molar-refractivity contribution is 6.32. The Morgan fingerprint density at radius 2 is 1.62 bits per heavy atom. The Balaban J connectivity index is 1.37. The molecule has 6 atom stereocenters. The Morgan fingerprint density at radius 3 is 2.28 bits per heavy atom.